The minimum atomic E-state index is -4.80. The van der Waals surface area contributed by atoms with Crippen molar-refractivity contribution in [3.05, 3.63) is 70.2 Å². The van der Waals surface area contributed by atoms with Gasteiger partial charge in [-0.3, -0.25) is 9.79 Å². The highest BCUT2D eigenvalue weighted by Gasteiger charge is 2.45. The zero-order chi connectivity index (χ0) is 26.5. The summed E-state index contributed by atoms with van der Waals surface area (Å²) in [5.74, 6) is -1.30. The van der Waals surface area contributed by atoms with Crippen LogP contribution in [0.1, 0.15) is 53.7 Å². The number of aromatic nitrogens is 1. The van der Waals surface area contributed by atoms with Crippen LogP contribution in [0.15, 0.2) is 45.9 Å². The Morgan fingerprint density at radius 3 is 2.65 bits per heavy atom. The summed E-state index contributed by atoms with van der Waals surface area (Å²) in [4.78, 5) is 16.2. The normalized spacial score (nSPS) is 21.4. The van der Waals surface area contributed by atoms with Gasteiger partial charge in [0.1, 0.15) is 40.4 Å². The van der Waals surface area contributed by atoms with E-state index >= 15 is 0 Å². The van der Waals surface area contributed by atoms with Gasteiger partial charge in [0.15, 0.2) is 0 Å². The molecule has 3 aromatic rings. The molecule has 11 heteroatoms. The number of thioether (sulfide) groups is 1. The molecule has 2 aromatic carbocycles. The Morgan fingerprint density at radius 1 is 1.24 bits per heavy atom. The highest BCUT2D eigenvalue weighted by molar-refractivity contribution is 8.13. The first kappa shape index (κ1) is 25.3. The number of carbonyl (C=O) groups is 1. The number of halogens is 4. The van der Waals surface area contributed by atoms with E-state index in [1.165, 1.54) is 5.55 Å². The molecule has 37 heavy (non-hydrogen) atoms. The number of alkyl halides is 3. The molecule has 0 bridgehead atoms. The molecule has 5 rings (SSSR count). The fourth-order valence-electron chi connectivity index (χ4n) is 4.70. The quantitative estimate of drug-likeness (QED) is 0.339. The van der Waals surface area contributed by atoms with Crippen molar-refractivity contribution in [3.8, 4) is 17.0 Å². The van der Waals surface area contributed by atoms with Gasteiger partial charge in [0.25, 0.3) is 0 Å². The molecular formula is C26H22F4N2O4S. The minimum absolute atomic E-state index is 0.0199. The Hall–Kier alpha value is -3.34. The zero-order valence-corrected chi connectivity index (χ0v) is 20.6. The minimum Gasteiger partial charge on any atom is -0.488 e. The Labute approximate surface area is 213 Å². The van der Waals surface area contributed by atoms with Gasteiger partial charge < -0.3 is 14.4 Å². The van der Waals surface area contributed by atoms with Crippen molar-refractivity contribution < 1.29 is 36.7 Å². The predicted octanol–water partition coefficient (Wildman–Crippen LogP) is 6.71. The number of hydrogen-bond donors (Lipinski definition) is 1. The summed E-state index contributed by atoms with van der Waals surface area (Å²) in [6.07, 6.45) is -3.23. The lowest BCUT2D eigenvalue weighted by atomic mass is 9.85. The number of aliphatic imine (C=N–C) groups is 1. The van der Waals surface area contributed by atoms with Gasteiger partial charge in [-0.1, -0.05) is 35.1 Å². The molecule has 0 amide bonds. The molecule has 0 spiro atoms. The van der Waals surface area contributed by atoms with Gasteiger partial charge in [0.2, 0.25) is 0 Å². The Bertz CT molecular complexity index is 1400. The number of nitrogens with zero attached hydrogens (tertiary/aromatic N) is 2. The van der Waals surface area contributed by atoms with Crippen LogP contribution < -0.4 is 4.74 Å². The van der Waals surface area contributed by atoms with Crippen molar-refractivity contribution in [3.63, 3.8) is 0 Å². The van der Waals surface area contributed by atoms with Crippen LogP contribution in [0.2, 0.25) is 0 Å². The molecule has 1 aromatic heterocycles. The molecule has 1 N–H and O–H groups in total. The molecule has 1 fully saturated rings. The molecule has 2 unspecified atom stereocenters. The van der Waals surface area contributed by atoms with Gasteiger partial charge in [-0.15, -0.1) is 0 Å². The molecule has 2 aliphatic rings. The summed E-state index contributed by atoms with van der Waals surface area (Å²) < 4.78 is 67.5. The van der Waals surface area contributed by atoms with Gasteiger partial charge in [-0.25, -0.2) is 4.39 Å². The molecule has 194 valence electrons. The fraction of sp³-hybridized carbons (Fsp3) is 0.346. The molecule has 0 saturated heterocycles. The Kier molecular flexibility index (Phi) is 6.29. The molecule has 1 aliphatic heterocycles. The maximum atomic E-state index is 14.8. The number of carboxylic acid groups (broad SMARTS) is 1. The lowest BCUT2D eigenvalue weighted by Gasteiger charge is -2.28. The van der Waals surface area contributed by atoms with E-state index in [-0.39, 0.29) is 23.8 Å². The summed E-state index contributed by atoms with van der Waals surface area (Å²) in [5.41, 5.74) is -0.0257. The number of hydrogen-bond acceptors (Lipinski definition) is 6. The maximum absolute atomic E-state index is 14.8. The lowest BCUT2D eigenvalue weighted by molar-refractivity contribution is -0.138. The monoisotopic (exact) mass is 534 g/mol. The van der Waals surface area contributed by atoms with E-state index in [1.807, 2.05) is 0 Å². The SMILES string of the molecule is Cc1c(OCc2c(-c3c(F)cccc3C(F)(F)F)noc2C2CC2)cccc1C1(C)N=CSC1C(=O)O. The number of benzene rings is 2. The Morgan fingerprint density at radius 2 is 1.97 bits per heavy atom. The standard InChI is InChI=1S/C26H22F4N2O4S/c1-13-16(25(2)23(24(33)34)37-12-31-25)5-4-8-19(13)35-11-15-21(32-36-22(15)14-9-10-14)20-17(26(28,29)30)6-3-7-18(20)27/h3-8,12,14,23H,9-11H2,1-2H3,(H,33,34). The van der Waals surface area contributed by atoms with E-state index in [4.69, 9.17) is 9.26 Å². The van der Waals surface area contributed by atoms with Gasteiger partial charge in [0.05, 0.1) is 22.2 Å². The van der Waals surface area contributed by atoms with Crippen LogP contribution in [0.3, 0.4) is 0 Å². The Balaban J connectivity index is 1.52. The smallest absolute Gasteiger partial charge is 0.417 e. The van der Waals surface area contributed by atoms with E-state index in [9.17, 15) is 27.5 Å². The van der Waals surface area contributed by atoms with E-state index in [2.05, 4.69) is 10.1 Å². The topological polar surface area (TPSA) is 84.9 Å². The second kappa shape index (κ2) is 9.20. The number of aliphatic carboxylic acids is 1. The van der Waals surface area contributed by atoms with Crippen molar-refractivity contribution in [1.82, 2.24) is 5.16 Å². The summed E-state index contributed by atoms with van der Waals surface area (Å²) in [6, 6.07) is 7.92. The molecule has 0 radical (unpaired) electrons. The number of ether oxygens (including phenoxy) is 1. The van der Waals surface area contributed by atoms with Crippen LogP contribution in [0.5, 0.6) is 5.75 Å². The first-order valence-electron chi connectivity index (χ1n) is 11.5. The molecule has 2 heterocycles. The van der Waals surface area contributed by atoms with Gasteiger partial charge in [-0.05, 0) is 56.0 Å². The van der Waals surface area contributed by atoms with E-state index in [0.717, 1.165) is 42.8 Å². The first-order chi connectivity index (χ1) is 17.5. The van der Waals surface area contributed by atoms with Crippen LogP contribution in [0.25, 0.3) is 11.3 Å². The fourth-order valence-corrected chi connectivity index (χ4v) is 5.68. The first-order valence-corrected chi connectivity index (χ1v) is 12.5. The third-order valence-corrected chi connectivity index (χ3v) is 7.94. The molecular weight excluding hydrogens is 512 g/mol. The van der Waals surface area contributed by atoms with Gasteiger partial charge in [-0.2, -0.15) is 13.2 Å². The van der Waals surface area contributed by atoms with Gasteiger partial charge >= 0.3 is 12.1 Å². The van der Waals surface area contributed by atoms with Crippen LogP contribution >= 0.6 is 11.8 Å². The van der Waals surface area contributed by atoms with Crippen LogP contribution in [0.4, 0.5) is 17.6 Å². The number of carboxylic acids is 1. The van der Waals surface area contributed by atoms with Crippen molar-refractivity contribution in [2.24, 2.45) is 4.99 Å². The zero-order valence-electron chi connectivity index (χ0n) is 19.8. The average Bonchev–Trinajstić information content (AvgIpc) is 3.47. The van der Waals surface area contributed by atoms with E-state index in [1.54, 1.807) is 32.0 Å². The third kappa shape index (κ3) is 4.49. The number of rotatable bonds is 7. The van der Waals surface area contributed by atoms with Crippen molar-refractivity contribution in [1.29, 1.82) is 0 Å². The largest absolute Gasteiger partial charge is 0.488 e. The second-order valence-corrected chi connectivity index (χ2v) is 10.2. The molecule has 6 nitrogen and oxygen atoms in total. The highest BCUT2D eigenvalue weighted by atomic mass is 32.2. The average molecular weight is 535 g/mol. The highest BCUT2D eigenvalue weighted by Crippen LogP contribution is 2.47. The van der Waals surface area contributed by atoms with E-state index in [0.29, 0.717) is 22.6 Å². The molecule has 2 atom stereocenters. The summed E-state index contributed by atoms with van der Waals surface area (Å²) in [7, 11) is 0. The predicted molar refractivity (Wildman–Crippen MR) is 129 cm³/mol. The van der Waals surface area contributed by atoms with Crippen molar-refractivity contribution >= 4 is 23.3 Å². The van der Waals surface area contributed by atoms with Crippen molar-refractivity contribution in [2.75, 3.05) is 0 Å². The summed E-state index contributed by atoms with van der Waals surface area (Å²) in [6.45, 7) is 3.29. The van der Waals surface area contributed by atoms with Crippen LogP contribution in [0, 0.1) is 12.7 Å². The summed E-state index contributed by atoms with van der Waals surface area (Å²) >= 11 is 1.11. The summed E-state index contributed by atoms with van der Waals surface area (Å²) in [5, 5.41) is 12.7. The second-order valence-electron chi connectivity index (χ2n) is 9.26. The molecule has 1 aliphatic carbocycles. The van der Waals surface area contributed by atoms with Crippen LogP contribution in [-0.2, 0) is 23.1 Å². The van der Waals surface area contributed by atoms with Crippen molar-refractivity contribution in [2.45, 2.75) is 56.2 Å². The lowest BCUT2D eigenvalue weighted by Crippen LogP contribution is -2.36. The maximum Gasteiger partial charge on any atom is 0.417 e. The third-order valence-electron chi connectivity index (χ3n) is 6.78. The van der Waals surface area contributed by atoms with E-state index < -0.39 is 39.9 Å². The molecule has 1 saturated carbocycles. The van der Waals surface area contributed by atoms with Gasteiger partial charge in [0, 0.05) is 5.92 Å². The van der Waals surface area contributed by atoms with Crippen LogP contribution in [-0.4, -0.2) is 27.0 Å².